The lowest BCUT2D eigenvalue weighted by molar-refractivity contribution is 0.618. The van der Waals surface area contributed by atoms with Crippen LogP contribution in [0.1, 0.15) is 16.7 Å². The number of rotatable bonds is 3. The van der Waals surface area contributed by atoms with E-state index in [4.69, 9.17) is 18.0 Å². The summed E-state index contributed by atoms with van der Waals surface area (Å²) in [6, 6.07) is 12.0. The fraction of sp³-hybridized carbons (Fsp3) is 0.188. The van der Waals surface area contributed by atoms with Gasteiger partial charge in [0.2, 0.25) is 0 Å². The zero-order chi connectivity index (χ0) is 15.0. The van der Waals surface area contributed by atoms with Crippen LogP contribution in [0.25, 0.3) is 0 Å². The smallest absolute Gasteiger partial charge is 0.161 e. The lowest BCUT2D eigenvalue weighted by Gasteiger charge is -2.16. The molecular formula is C16H14BrFN2S. The summed E-state index contributed by atoms with van der Waals surface area (Å²) in [6.45, 7) is 0. The van der Waals surface area contributed by atoms with Crippen molar-refractivity contribution in [2.24, 2.45) is 5.73 Å². The maximum Gasteiger partial charge on any atom is 0.161 e. The minimum atomic E-state index is -0.351. The minimum Gasteiger partial charge on any atom is -0.389 e. The number of nitrogens with one attached hydrogen (secondary N) is 1. The molecular weight excluding hydrogens is 351 g/mol. The van der Waals surface area contributed by atoms with E-state index in [9.17, 15) is 4.39 Å². The van der Waals surface area contributed by atoms with Gasteiger partial charge >= 0.3 is 0 Å². The molecule has 0 fully saturated rings. The summed E-state index contributed by atoms with van der Waals surface area (Å²) in [5.41, 5.74) is 9.21. The van der Waals surface area contributed by atoms with Crippen LogP contribution in [0.2, 0.25) is 0 Å². The van der Waals surface area contributed by atoms with Gasteiger partial charge in [0.1, 0.15) is 4.99 Å². The second kappa shape index (κ2) is 5.73. The summed E-state index contributed by atoms with van der Waals surface area (Å²) in [5, 5.41) is 3.27. The van der Waals surface area contributed by atoms with Crippen molar-refractivity contribution >= 4 is 38.8 Å². The van der Waals surface area contributed by atoms with E-state index in [1.807, 2.05) is 12.1 Å². The van der Waals surface area contributed by atoms with Crippen LogP contribution in [0.3, 0.4) is 0 Å². The zero-order valence-corrected chi connectivity index (χ0v) is 13.6. The van der Waals surface area contributed by atoms with E-state index in [2.05, 4.69) is 33.4 Å². The van der Waals surface area contributed by atoms with Gasteiger partial charge in [0.15, 0.2) is 5.82 Å². The Morgan fingerprint density at radius 3 is 2.38 bits per heavy atom. The van der Waals surface area contributed by atoms with E-state index < -0.39 is 0 Å². The molecule has 0 saturated heterocycles. The Balaban J connectivity index is 1.81. The summed E-state index contributed by atoms with van der Waals surface area (Å²) in [7, 11) is 0. The van der Waals surface area contributed by atoms with Crippen molar-refractivity contribution < 1.29 is 4.39 Å². The molecule has 3 N–H and O–H groups in total. The molecule has 108 valence electrons. The molecule has 2 nitrogen and oxygen atoms in total. The lowest BCUT2D eigenvalue weighted by atomic mass is 10.1. The number of halogens is 2. The highest BCUT2D eigenvalue weighted by atomic mass is 79.9. The Morgan fingerprint density at radius 2 is 1.81 bits per heavy atom. The molecule has 0 atom stereocenters. The molecule has 1 aliphatic carbocycles. The number of thiocarbonyl (C=S) groups is 1. The molecule has 2 aromatic rings. The van der Waals surface area contributed by atoms with Crippen molar-refractivity contribution in [1.29, 1.82) is 0 Å². The van der Waals surface area contributed by atoms with Gasteiger partial charge in [-0.2, -0.15) is 0 Å². The van der Waals surface area contributed by atoms with Crippen LogP contribution >= 0.6 is 28.1 Å². The van der Waals surface area contributed by atoms with Crippen molar-refractivity contribution in [2.45, 2.75) is 18.9 Å². The maximum absolute atomic E-state index is 14.4. The van der Waals surface area contributed by atoms with Crippen LogP contribution in [0.4, 0.5) is 10.1 Å². The first-order chi connectivity index (χ1) is 10.1. The van der Waals surface area contributed by atoms with Crippen LogP contribution in [0.15, 0.2) is 40.9 Å². The topological polar surface area (TPSA) is 38.0 Å². The molecule has 0 aliphatic heterocycles. The Hall–Kier alpha value is -1.46. The standard InChI is InChI=1S/C16H14BrFN2S/c17-14-12(16(19)21)5-6-13(15(14)18)20-11-7-9-3-1-2-4-10(9)8-11/h1-6,11,20H,7-8H2,(H2,19,21). The number of anilines is 1. The number of fused-ring (bicyclic) bond motifs is 1. The predicted octanol–water partition coefficient (Wildman–Crippen LogP) is 3.80. The molecule has 0 spiro atoms. The largest absolute Gasteiger partial charge is 0.389 e. The van der Waals surface area contributed by atoms with Crippen LogP contribution in [-0.2, 0) is 12.8 Å². The molecule has 0 radical (unpaired) electrons. The van der Waals surface area contributed by atoms with Gasteiger partial charge in [0.25, 0.3) is 0 Å². The van der Waals surface area contributed by atoms with Gasteiger partial charge in [0.05, 0.1) is 10.2 Å². The molecule has 2 aromatic carbocycles. The van der Waals surface area contributed by atoms with Crippen molar-refractivity contribution in [3.05, 3.63) is 63.4 Å². The van der Waals surface area contributed by atoms with Crippen LogP contribution < -0.4 is 11.1 Å². The Morgan fingerprint density at radius 1 is 1.19 bits per heavy atom. The van der Waals surface area contributed by atoms with E-state index in [-0.39, 0.29) is 16.8 Å². The average molecular weight is 365 g/mol. The molecule has 0 amide bonds. The molecule has 0 unspecified atom stereocenters. The zero-order valence-electron chi connectivity index (χ0n) is 11.2. The van der Waals surface area contributed by atoms with Gasteiger partial charge in [-0.15, -0.1) is 0 Å². The van der Waals surface area contributed by atoms with Gasteiger partial charge in [-0.3, -0.25) is 0 Å². The third-order valence-electron chi connectivity index (χ3n) is 3.76. The van der Waals surface area contributed by atoms with Crippen LogP contribution in [0.5, 0.6) is 0 Å². The fourth-order valence-electron chi connectivity index (χ4n) is 2.73. The first kappa shape index (κ1) is 14.5. The third-order valence-corrected chi connectivity index (χ3v) is 4.75. The van der Waals surface area contributed by atoms with Crippen molar-refractivity contribution in [3.8, 4) is 0 Å². The Kier molecular flexibility index (Phi) is 3.95. The van der Waals surface area contributed by atoms with Gasteiger partial charge in [-0.25, -0.2) is 4.39 Å². The van der Waals surface area contributed by atoms with Gasteiger partial charge in [-0.05, 0) is 52.0 Å². The van der Waals surface area contributed by atoms with Gasteiger partial charge < -0.3 is 11.1 Å². The first-order valence-corrected chi connectivity index (χ1v) is 7.87. The Bertz CT molecular complexity index is 692. The maximum atomic E-state index is 14.4. The SMILES string of the molecule is NC(=S)c1ccc(NC2Cc3ccccc3C2)c(F)c1Br. The number of benzene rings is 2. The predicted molar refractivity (Wildman–Crippen MR) is 91.2 cm³/mol. The van der Waals surface area contributed by atoms with Crippen molar-refractivity contribution in [1.82, 2.24) is 0 Å². The highest BCUT2D eigenvalue weighted by molar-refractivity contribution is 9.10. The van der Waals surface area contributed by atoms with E-state index >= 15 is 0 Å². The molecule has 0 aromatic heterocycles. The van der Waals surface area contributed by atoms with Crippen LogP contribution in [-0.4, -0.2) is 11.0 Å². The highest BCUT2D eigenvalue weighted by Gasteiger charge is 2.22. The minimum absolute atomic E-state index is 0.181. The van der Waals surface area contributed by atoms with E-state index in [0.29, 0.717) is 15.7 Å². The van der Waals surface area contributed by atoms with E-state index in [1.54, 1.807) is 12.1 Å². The van der Waals surface area contributed by atoms with Crippen LogP contribution in [0, 0.1) is 5.82 Å². The molecule has 5 heteroatoms. The first-order valence-electron chi connectivity index (χ1n) is 6.67. The summed E-state index contributed by atoms with van der Waals surface area (Å²) in [5.74, 6) is -0.351. The normalized spacial score (nSPS) is 14.0. The van der Waals surface area contributed by atoms with Crippen molar-refractivity contribution in [2.75, 3.05) is 5.32 Å². The summed E-state index contributed by atoms with van der Waals surface area (Å²) in [6.07, 6.45) is 1.81. The average Bonchev–Trinajstić information content (AvgIpc) is 2.86. The van der Waals surface area contributed by atoms with Gasteiger partial charge in [0, 0.05) is 11.6 Å². The summed E-state index contributed by atoms with van der Waals surface area (Å²) < 4.78 is 14.7. The van der Waals surface area contributed by atoms with Gasteiger partial charge in [-0.1, -0.05) is 36.5 Å². The van der Waals surface area contributed by atoms with E-state index in [0.717, 1.165) is 12.8 Å². The third kappa shape index (κ3) is 2.80. The molecule has 0 bridgehead atoms. The highest BCUT2D eigenvalue weighted by Crippen LogP contribution is 2.30. The number of hydrogen-bond donors (Lipinski definition) is 2. The number of nitrogens with two attached hydrogens (primary N) is 1. The monoisotopic (exact) mass is 364 g/mol. The molecule has 1 aliphatic rings. The van der Waals surface area contributed by atoms with E-state index in [1.165, 1.54) is 11.1 Å². The molecule has 3 rings (SSSR count). The quantitative estimate of drug-likeness (QED) is 0.813. The summed E-state index contributed by atoms with van der Waals surface area (Å²) in [4.78, 5) is 0.181. The second-order valence-electron chi connectivity index (χ2n) is 5.17. The Labute approximate surface area is 136 Å². The number of hydrogen-bond acceptors (Lipinski definition) is 2. The summed E-state index contributed by atoms with van der Waals surface area (Å²) >= 11 is 8.13. The fourth-order valence-corrected chi connectivity index (χ4v) is 3.59. The van der Waals surface area contributed by atoms with Crippen molar-refractivity contribution in [3.63, 3.8) is 0 Å². The molecule has 0 saturated carbocycles. The molecule has 0 heterocycles. The second-order valence-corrected chi connectivity index (χ2v) is 6.40. The lowest BCUT2D eigenvalue weighted by Crippen LogP contribution is -2.21. The molecule has 21 heavy (non-hydrogen) atoms.